The first-order chi connectivity index (χ1) is 19.2. The molecule has 1 unspecified atom stereocenters. The summed E-state index contributed by atoms with van der Waals surface area (Å²) in [5.74, 6) is 0.635. The average molecular weight is 570 g/mol. The second kappa shape index (κ2) is 11.8. The molecule has 0 radical (unpaired) electrons. The summed E-state index contributed by atoms with van der Waals surface area (Å²) in [6, 6.07) is 15.6. The number of nitrogens with one attached hydrogen (secondary N) is 1. The van der Waals surface area contributed by atoms with Crippen LogP contribution in [0, 0.1) is 0 Å². The fourth-order valence-electron chi connectivity index (χ4n) is 3.87. The van der Waals surface area contributed by atoms with Gasteiger partial charge >= 0.3 is 12.4 Å². The van der Waals surface area contributed by atoms with Crippen LogP contribution in [0.5, 0.6) is 5.75 Å². The number of amides is 2. The Hall–Kier alpha value is -4.43. The van der Waals surface area contributed by atoms with Crippen LogP contribution >= 0.6 is 11.8 Å². The molecular weight excluding hydrogens is 547 g/mol. The zero-order chi connectivity index (χ0) is 28.1. The van der Waals surface area contributed by atoms with Crippen molar-refractivity contribution in [3.63, 3.8) is 0 Å². The van der Waals surface area contributed by atoms with Gasteiger partial charge < -0.3 is 15.2 Å². The number of thioether (sulfide) groups is 1. The number of aromatic nitrogens is 4. The Morgan fingerprint density at radius 1 is 1.10 bits per heavy atom. The summed E-state index contributed by atoms with van der Waals surface area (Å²) in [5.41, 5.74) is 2.75. The number of alkyl halides is 3. The summed E-state index contributed by atoms with van der Waals surface area (Å²) < 4.78 is 42.4. The Balaban J connectivity index is 1.14. The van der Waals surface area contributed by atoms with Gasteiger partial charge in [-0.15, -0.1) is 13.2 Å². The zero-order valence-corrected chi connectivity index (χ0v) is 21.5. The van der Waals surface area contributed by atoms with Gasteiger partial charge in [-0.05, 0) is 60.5 Å². The number of benzene rings is 2. The number of aliphatic hydroxyl groups excluding tert-OH is 1. The second-order valence-electron chi connectivity index (χ2n) is 8.54. The highest BCUT2D eigenvalue weighted by molar-refractivity contribution is 8.14. The first-order valence-corrected chi connectivity index (χ1v) is 13.0. The molecule has 14 heteroatoms. The largest absolute Gasteiger partial charge is 0.573 e. The lowest BCUT2D eigenvalue weighted by Gasteiger charge is -2.21. The van der Waals surface area contributed by atoms with E-state index in [4.69, 9.17) is 0 Å². The summed E-state index contributed by atoms with van der Waals surface area (Å²) >= 11 is 1.28. The number of ether oxygens (including phenoxy) is 1. The maximum absolute atomic E-state index is 12.5. The molecule has 3 heterocycles. The number of urea groups is 1. The molecule has 2 N–H and O–H groups in total. The standard InChI is InChI=1S/C26H22F3N7O3S/c27-26(28,29)39-21-10-8-19(9-11-21)35-16-31-22(34-35)12-5-17-3-6-18(7-4-17)32-24(38)33-25-36(23(37)15-40-25)20-2-1-13-30-14-20/h1-4,6-11,13-14,16,23,37H,5,12,15H2,(H,32,38)/b33-25-. The molecule has 10 nitrogen and oxygen atoms in total. The van der Waals surface area contributed by atoms with Crippen molar-refractivity contribution in [3.8, 4) is 11.4 Å². The molecule has 1 atom stereocenters. The minimum absolute atomic E-state index is 0.313. The molecule has 40 heavy (non-hydrogen) atoms. The van der Waals surface area contributed by atoms with Gasteiger partial charge in [0.15, 0.2) is 11.0 Å². The molecule has 0 aliphatic carbocycles. The fraction of sp³-hybridized carbons (Fsp3) is 0.192. The third-order valence-electron chi connectivity index (χ3n) is 5.70. The van der Waals surface area contributed by atoms with Crippen LogP contribution in [0.15, 0.2) is 84.4 Å². The van der Waals surface area contributed by atoms with Gasteiger partial charge in [0.25, 0.3) is 0 Å². The van der Waals surface area contributed by atoms with Crippen molar-refractivity contribution >= 4 is 34.3 Å². The lowest BCUT2D eigenvalue weighted by atomic mass is 10.1. The number of hydrogen-bond acceptors (Lipinski definition) is 7. The van der Waals surface area contributed by atoms with Gasteiger partial charge in [-0.2, -0.15) is 10.1 Å². The van der Waals surface area contributed by atoms with Gasteiger partial charge in [0.1, 0.15) is 18.3 Å². The summed E-state index contributed by atoms with van der Waals surface area (Å²) in [6.45, 7) is 0. The zero-order valence-electron chi connectivity index (χ0n) is 20.7. The van der Waals surface area contributed by atoms with E-state index in [-0.39, 0.29) is 5.75 Å². The maximum atomic E-state index is 12.5. The van der Waals surface area contributed by atoms with Crippen LogP contribution in [0.1, 0.15) is 11.4 Å². The minimum Gasteiger partial charge on any atom is -0.406 e. The number of aliphatic hydroxyl groups is 1. The minimum atomic E-state index is -4.75. The van der Waals surface area contributed by atoms with Gasteiger partial charge in [0, 0.05) is 24.1 Å². The molecule has 0 spiro atoms. The molecule has 0 saturated carbocycles. The maximum Gasteiger partial charge on any atom is 0.573 e. The van der Waals surface area contributed by atoms with Gasteiger partial charge in [-0.3, -0.25) is 9.88 Å². The molecule has 5 rings (SSSR count). The Morgan fingerprint density at radius 3 is 2.58 bits per heavy atom. The van der Waals surface area contributed by atoms with Crippen molar-refractivity contribution in [2.45, 2.75) is 25.4 Å². The predicted molar refractivity (Wildman–Crippen MR) is 144 cm³/mol. The van der Waals surface area contributed by atoms with Crippen molar-refractivity contribution in [3.05, 3.63) is 90.8 Å². The molecular formula is C26H22F3N7O3S. The molecule has 0 bridgehead atoms. The number of hydrogen-bond donors (Lipinski definition) is 2. The molecule has 1 aliphatic heterocycles. The molecule has 2 aromatic heterocycles. The van der Waals surface area contributed by atoms with E-state index in [1.54, 1.807) is 41.6 Å². The topological polar surface area (TPSA) is 118 Å². The van der Waals surface area contributed by atoms with E-state index in [1.165, 1.54) is 47.0 Å². The Labute approximate surface area is 230 Å². The van der Waals surface area contributed by atoms with E-state index < -0.39 is 18.6 Å². The highest BCUT2D eigenvalue weighted by Gasteiger charge is 2.31. The van der Waals surface area contributed by atoms with Gasteiger partial charge in [0.05, 0.1) is 17.6 Å². The van der Waals surface area contributed by atoms with E-state index in [9.17, 15) is 23.1 Å². The molecule has 4 aromatic rings. The number of carbonyl (C=O) groups excluding carboxylic acids is 1. The first-order valence-electron chi connectivity index (χ1n) is 12.0. The average Bonchev–Trinajstić information content (AvgIpc) is 3.55. The normalized spacial score (nSPS) is 16.4. The number of nitrogens with zero attached hydrogens (tertiary/aromatic N) is 6. The Bertz CT molecular complexity index is 1480. The van der Waals surface area contributed by atoms with Crippen LogP contribution in [0.4, 0.5) is 29.3 Å². The van der Waals surface area contributed by atoms with Gasteiger partial charge in [-0.25, -0.2) is 14.5 Å². The Morgan fingerprint density at radius 2 is 1.88 bits per heavy atom. The van der Waals surface area contributed by atoms with E-state index in [2.05, 4.69) is 30.1 Å². The molecule has 1 aliphatic rings. The molecule has 1 fully saturated rings. The second-order valence-corrected chi connectivity index (χ2v) is 9.53. The van der Waals surface area contributed by atoms with Crippen molar-refractivity contribution in [1.82, 2.24) is 19.7 Å². The highest BCUT2D eigenvalue weighted by atomic mass is 32.2. The number of carbonyl (C=O) groups is 1. The summed E-state index contributed by atoms with van der Waals surface area (Å²) in [7, 11) is 0. The van der Waals surface area contributed by atoms with Crippen LogP contribution in [-0.4, -0.2) is 54.4 Å². The lowest BCUT2D eigenvalue weighted by molar-refractivity contribution is -0.274. The van der Waals surface area contributed by atoms with Crippen LogP contribution in [0.25, 0.3) is 5.69 Å². The van der Waals surface area contributed by atoms with Crippen LogP contribution in [-0.2, 0) is 12.8 Å². The van der Waals surface area contributed by atoms with E-state index >= 15 is 0 Å². The Kier molecular flexibility index (Phi) is 7.98. The summed E-state index contributed by atoms with van der Waals surface area (Å²) in [5, 5.41) is 17.8. The smallest absolute Gasteiger partial charge is 0.406 e. The molecule has 206 valence electrons. The number of aliphatic imine (C=N–C) groups is 1. The third kappa shape index (κ3) is 6.95. The number of aryl methyl sites for hydroxylation is 2. The first kappa shape index (κ1) is 27.1. The SMILES string of the molecule is O=C(/N=C1\SCC(O)N1c1cccnc1)Nc1ccc(CCc2ncn(-c3ccc(OC(F)(F)F)cc3)n2)cc1. The number of pyridine rings is 1. The van der Waals surface area contributed by atoms with Crippen LogP contribution < -0.4 is 15.0 Å². The quantitative estimate of drug-likeness (QED) is 0.326. The van der Waals surface area contributed by atoms with Crippen molar-refractivity contribution < 1.29 is 27.8 Å². The predicted octanol–water partition coefficient (Wildman–Crippen LogP) is 4.81. The third-order valence-corrected chi connectivity index (χ3v) is 6.71. The van der Waals surface area contributed by atoms with Gasteiger partial charge in [0.2, 0.25) is 0 Å². The molecule has 2 amide bonds. The van der Waals surface area contributed by atoms with Crippen molar-refractivity contribution in [2.24, 2.45) is 4.99 Å². The number of halogens is 3. The van der Waals surface area contributed by atoms with Crippen molar-refractivity contribution in [1.29, 1.82) is 0 Å². The van der Waals surface area contributed by atoms with Gasteiger partial charge in [-0.1, -0.05) is 23.9 Å². The summed E-state index contributed by atoms with van der Waals surface area (Å²) in [6.07, 6.45) is 0.319. The van der Waals surface area contributed by atoms with E-state index in [0.717, 1.165) is 5.56 Å². The highest BCUT2D eigenvalue weighted by Crippen LogP contribution is 2.29. The fourth-order valence-corrected chi connectivity index (χ4v) is 4.83. The number of amidine groups is 1. The van der Waals surface area contributed by atoms with E-state index in [0.29, 0.717) is 46.6 Å². The molecule has 2 aromatic carbocycles. The number of anilines is 2. The van der Waals surface area contributed by atoms with Crippen molar-refractivity contribution in [2.75, 3.05) is 16.0 Å². The molecule has 1 saturated heterocycles. The van der Waals surface area contributed by atoms with Crippen LogP contribution in [0.3, 0.4) is 0 Å². The summed E-state index contributed by atoms with van der Waals surface area (Å²) in [4.78, 5) is 26.5. The lowest BCUT2D eigenvalue weighted by Crippen LogP contribution is -2.34. The van der Waals surface area contributed by atoms with E-state index in [1.807, 2.05) is 12.1 Å². The number of rotatable bonds is 7. The monoisotopic (exact) mass is 569 g/mol. The van der Waals surface area contributed by atoms with Crippen LogP contribution in [0.2, 0.25) is 0 Å².